The van der Waals surface area contributed by atoms with E-state index >= 15 is 0 Å². The number of rotatable bonds is 5. The lowest BCUT2D eigenvalue weighted by atomic mass is 9.48. The minimum Gasteiger partial charge on any atom is -0.353 e. The molecule has 5 aliphatic rings. The summed E-state index contributed by atoms with van der Waals surface area (Å²) in [5.41, 5.74) is 0.296. The van der Waals surface area contributed by atoms with Crippen LogP contribution in [0.4, 0.5) is 0 Å². The molecule has 2 aromatic rings. The number of piperidine rings is 1. The van der Waals surface area contributed by atoms with Crippen molar-refractivity contribution in [2.45, 2.75) is 69.2 Å². The van der Waals surface area contributed by atoms with Crippen LogP contribution in [-0.2, 0) is 14.8 Å². The van der Waals surface area contributed by atoms with Crippen molar-refractivity contribution in [3.05, 3.63) is 42.5 Å². The van der Waals surface area contributed by atoms with E-state index in [2.05, 4.69) is 12.2 Å². The maximum Gasteiger partial charge on any atom is 0.243 e. The predicted octanol–water partition coefficient (Wildman–Crippen LogP) is 4.96. The van der Waals surface area contributed by atoms with Crippen molar-refractivity contribution >= 4 is 26.7 Å². The fourth-order valence-corrected chi connectivity index (χ4v) is 9.53. The first-order valence-corrected chi connectivity index (χ1v) is 14.6. The Balaban J connectivity index is 1.09. The number of nitrogens with zero attached hydrogens (tertiary/aromatic N) is 1. The zero-order valence-corrected chi connectivity index (χ0v) is 20.9. The number of hydrogen-bond acceptors (Lipinski definition) is 3. The molecule has 4 aliphatic carbocycles. The summed E-state index contributed by atoms with van der Waals surface area (Å²) in [5, 5.41) is 5.36. The van der Waals surface area contributed by atoms with Gasteiger partial charge in [-0.25, -0.2) is 8.42 Å². The quantitative estimate of drug-likeness (QED) is 0.658. The van der Waals surface area contributed by atoms with E-state index in [0.29, 0.717) is 36.2 Å². The van der Waals surface area contributed by atoms with Gasteiger partial charge < -0.3 is 5.32 Å². The summed E-state index contributed by atoms with van der Waals surface area (Å²) in [6.45, 7) is 3.03. The molecule has 6 heteroatoms. The van der Waals surface area contributed by atoms with Gasteiger partial charge in [0.25, 0.3) is 0 Å². The van der Waals surface area contributed by atoms with Crippen LogP contribution >= 0.6 is 0 Å². The molecule has 1 saturated heterocycles. The van der Waals surface area contributed by atoms with Gasteiger partial charge in [-0.2, -0.15) is 4.31 Å². The molecule has 4 saturated carbocycles. The molecule has 0 radical (unpaired) electrons. The van der Waals surface area contributed by atoms with E-state index in [-0.39, 0.29) is 17.9 Å². The third-order valence-corrected chi connectivity index (χ3v) is 11.4. The molecule has 4 bridgehead atoms. The smallest absolute Gasteiger partial charge is 0.243 e. The van der Waals surface area contributed by atoms with Gasteiger partial charge in [0.15, 0.2) is 0 Å². The average molecular weight is 481 g/mol. The van der Waals surface area contributed by atoms with Gasteiger partial charge in [-0.1, -0.05) is 30.3 Å². The largest absolute Gasteiger partial charge is 0.353 e. The highest BCUT2D eigenvalue weighted by Gasteiger charge is 2.53. The lowest BCUT2D eigenvalue weighted by Gasteiger charge is -2.59. The molecule has 5 fully saturated rings. The number of fused-ring (bicyclic) bond motifs is 1. The Morgan fingerprint density at radius 1 is 0.941 bits per heavy atom. The van der Waals surface area contributed by atoms with Crippen molar-refractivity contribution in [3.63, 3.8) is 0 Å². The molecule has 5 nitrogen and oxygen atoms in total. The van der Waals surface area contributed by atoms with Crippen molar-refractivity contribution in [2.75, 3.05) is 13.1 Å². The molecule has 7 rings (SSSR count). The first-order chi connectivity index (χ1) is 16.3. The molecular weight excluding hydrogens is 444 g/mol. The number of benzene rings is 2. The number of hydrogen-bond donors (Lipinski definition) is 1. The molecule has 1 atom stereocenters. The first-order valence-electron chi connectivity index (χ1n) is 13.1. The second-order valence-corrected chi connectivity index (χ2v) is 13.6. The van der Waals surface area contributed by atoms with Gasteiger partial charge in [-0.15, -0.1) is 0 Å². The van der Waals surface area contributed by atoms with E-state index in [4.69, 9.17) is 0 Å². The second-order valence-electron chi connectivity index (χ2n) is 11.7. The van der Waals surface area contributed by atoms with Crippen LogP contribution in [0.15, 0.2) is 47.4 Å². The molecule has 1 unspecified atom stereocenters. The van der Waals surface area contributed by atoms with Gasteiger partial charge in [0.2, 0.25) is 15.9 Å². The summed E-state index contributed by atoms with van der Waals surface area (Å²) in [6, 6.07) is 13.3. The molecule has 1 aliphatic heterocycles. The van der Waals surface area contributed by atoms with Crippen LogP contribution in [0.1, 0.15) is 58.3 Å². The molecule has 0 aromatic heterocycles. The van der Waals surface area contributed by atoms with E-state index in [1.54, 1.807) is 16.4 Å². The highest BCUT2D eigenvalue weighted by molar-refractivity contribution is 7.89. The molecular formula is C28H36N2O3S. The number of carbonyl (C=O) groups excluding carboxylic acids is 1. The van der Waals surface area contributed by atoms with Crippen molar-refractivity contribution in [2.24, 2.45) is 29.1 Å². The number of amides is 1. The van der Waals surface area contributed by atoms with Crippen LogP contribution in [-0.4, -0.2) is 37.8 Å². The number of carbonyl (C=O) groups is 1. The Morgan fingerprint density at radius 2 is 1.53 bits per heavy atom. The monoisotopic (exact) mass is 480 g/mol. The standard InChI is InChI=1S/C28H36N2O3S/c1-19(28-16-20-12-21(17-28)14-22(13-20)18-28)29-27(31)24-8-10-30(11-9-24)34(32,33)26-7-6-23-4-2-3-5-25(23)15-26/h2-7,15,19-22,24H,8-14,16-18H2,1H3,(H,29,31). The maximum atomic E-state index is 13.3. The molecule has 182 valence electrons. The normalized spacial score (nSPS) is 32.7. The lowest BCUT2D eigenvalue weighted by Crippen LogP contribution is -2.56. The zero-order chi connectivity index (χ0) is 23.5. The summed E-state index contributed by atoms with van der Waals surface area (Å²) in [7, 11) is -3.55. The lowest BCUT2D eigenvalue weighted by molar-refractivity contribution is -0.130. The summed E-state index contributed by atoms with van der Waals surface area (Å²) in [4.78, 5) is 13.5. The first kappa shape index (κ1) is 22.5. The molecule has 1 N–H and O–H groups in total. The van der Waals surface area contributed by atoms with Gasteiger partial charge in [0, 0.05) is 25.0 Å². The van der Waals surface area contributed by atoms with Crippen LogP contribution < -0.4 is 5.32 Å². The summed E-state index contributed by atoms with van der Waals surface area (Å²) >= 11 is 0. The average Bonchev–Trinajstić information content (AvgIpc) is 2.83. The van der Waals surface area contributed by atoms with E-state index in [0.717, 1.165) is 28.5 Å². The minimum absolute atomic E-state index is 0.0978. The van der Waals surface area contributed by atoms with E-state index in [1.165, 1.54) is 38.5 Å². The van der Waals surface area contributed by atoms with Gasteiger partial charge in [-0.3, -0.25) is 4.79 Å². The van der Waals surface area contributed by atoms with Gasteiger partial charge >= 0.3 is 0 Å². The fraction of sp³-hybridized carbons (Fsp3) is 0.607. The van der Waals surface area contributed by atoms with Crippen molar-refractivity contribution in [1.29, 1.82) is 0 Å². The van der Waals surface area contributed by atoms with Crippen LogP contribution in [0.25, 0.3) is 10.8 Å². The maximum absolute atomic E-state index is 13.3. The van der Waals surface area contributed by atoms with Crippen molar-refractivity contribution in [3.8, 4) is 0 Å². The molecule has 1 heterocycles. The Kier molecular flexibility index (Phi) is 5.53. The Bertz CT molecular complexity index is 1160. The van der Waals surface area contributed by atoms with E-state index in [1.807, 2.05) is 30.3 Å². The SMILES string of the molecule is CC(NC(=O)C1CCN(S(=O)(=O)c2ccc3ccccc3c2)CC1)C12CC3CC(CC(C3)C1)C2. The van der Waals surface area contributed by atoms with Crippen LogP contribution in [0.3, 0.4) is 0 Å². The molecule has 1 amide bonds. The molecule has 34 heavy (non-hydrogen) atoms. The topological polar surface area (TPSA) is 66.5 Å². The summed E-state index contributed by atoms with van der Waals surface area (Å²) in [6.07, 6.45) is 9.24. The summed E-state index contributed by atoms with van der Waals surface area (Å²) < 4.78 is 28.1. The third-order valence-electron chi connectivity index (χ3n) is 9.55. The van der Waals surface area contributed by atoms with Crippen molar-refractivity contribution in [1.82, 2.24) is 9.62 Å². The fourth-order valence-electron chi connectivity index (χ4n) is 8.03. The third kappa shape index (κ3) is 3.87. The molecule has 0 spiro atoms. The Morgan fingerprint density at radius 3 is 2.15 bits per heavy atom. The highest BCUT2D eigenvalue weighted by Crippen LogP contribution is 2.61. The second kappa shape index (κ2) is 8.34. The Hall–Kier alpha value is -1.92. The summed E-state index contributed by atoms with van der Waals surface area (Å²) in [5.74, 6) is 2.64. The van der Waals surface area contributed by atoms with E-state index < -0.39 is 10.0 Å². The minimum atomic E-state index is -3.55. The van der Waals surface area contributed by atoms with Crippen molar-refractivity contribution < 1.29 is 13.2 Å². The number of nitrogens with one attached hydrogen (secondary N) is 1. The van der Waals surface area contributed by atoms with Crippen LogP contribution in [0.2, 0.25) is 0 Å². The van der Waals surface area contributed by atoms with Crippen LogP contribution in [0, 0.1) is 29.1 Å². The zero-order valence-electron chi connectivity index (χ0n) is 20.1. The van der Waals surface area contributed by atoms with Gasteiger partial charge in [0.05, 0.1) is 4.90 Å². The van der Waals surface area contributed by atoms with Crippen LogP contribution in [0.5, 0.6) is 0 Å². The highest BCUT2D eigenvalue weighted by atomic mass is 32.2. The van der Waals surface area contributed by atoms with Gasteiger partial charge in [0.1, 0.15) is 0 Å². The number of sulfonamides is 1. The predicted molar refractivity (Wildman–Crippen MR) is 134 cm³/mol. The van der Waals surface area contributed by atoms with Gasteiger partial charge in [-0.05, 0) is 104 Å². The molecule has 2 aromatic carbocycles. The Labute approximate surface area is 203 Å². The van der Waals surface area contributed by atoms with E-state index in [9.17, 15) is 13.2 Å².